The molecule has 0 aromatic heterocycles. The van der Waals surface area contributed by atoms with Crippen molar-refractivity contribution in [3.8, 4) is 11.8 Å². The fourth-order valence-corrected chi connectivity index (χ4v) is 1.58. The molecule has 72 valence electrons. The summed E-state index contributed by atoms with van der Waals surface area (Å²) in [6, 6.07) is 0. The highest BCUT2D eigenvalue weighted by Crippen LogP contribution is 2.15. The van der Waals surface area contributed by atoms with E-state index in [1.165, 1.54) is 0 Å². The zero-order valence-electron chi connectivity index (χ0n) is 7.92. The maximum absolute atomic E-state index is 10.6. The average molecular weight is 181 g/mol. The standard InChI is InChI=1S/C10H15NO2/c1-2-3-4-6-11-7-5-9(8-11)10(12)13/h9H,4-8H2,1H3,(H,12,13). The van der Waals surface area contributed by atoms with Crippen LogP contribution in [0.15, 0.2) is 0 Å². The molecule has 0 amide bonds. The summed E-state index contributed by atoms with van der Waals surface area (Å²) >= 11 is 0. The van der Waals surface area contributed by atoms with Crippen molar-refractivity contribution in [3.05, 3.63) is 0 Å². The van der Waals surface area contributed by atoms with Crippen LogP contribution in [0, 0.1) is 17.8 Å². The summed E-state index contributed by atoms with van der Waals surface area (Å²) in [4.78, 5) is 12.8. The highest BCUT2D eigenvalue weighted by molar-refractivity contribution is 5.70. The summed E-state index contributed by atoms with van der Waals surface area (Å²) in [5, 5.41) is 8.75. The van der Waals surface area contributed by atoms with Gasteiger partial charge in [0.25, 0.3) is 0 Å². The lowest BCUT2D eigenvalue weighted by molar-refractivity contribution is -0.141. The smallest absolute Gasteiger partial charge is 0.307 e. The second-order valence-corrected chi connectivity index (χ2v) is 3.30. The van der Waals surface area contributed by atoms with E-state index < -0.39 is 5.97 Å². The summed E-state index contributed by atoms with van der Waals surface area (Å²) in [6.45, 7) is 4.33. The monoisotopic (exact) mass is 181 g/mol. The normalized spacial score (nSPS) is 22.4. The molecule has 1 fully saturated rings. The van der Waals surface area contributed by atoms with Crippen molar-refractivity contribution in [2.24, 2.45) is 5.92 Å². The first kappa shape index (κ1) is 10.1. The molecule has 1 N–H and O–H groups in total. The lowest BCUT2D eigenvalue weighted by atomic mass is 10.1. The average Bonchev–Trinajstić information content (AvgIpc) is 2.53. The van der Waals surface area contributed by atoms with E-state index in [-0.39, 0.29) is 5.92 Å². The Morgan fingerprint density at radius 2 is 2.46 bits per heavy atom. The van der Waals surface area contributed by atoms with Crippen molar-refractivity contribution >= 4 is 5.97 Å². The largest absolute Gasteiger partial charge is 0.481 e. The van der Waals surface area contributed by atoms with Crippen LogP contribution in [0.3, 0.4) is 0 Å². The van der Waals surface area contributed by atoms with Crippen LogP contribution in [0.2, 0.25) is 0 Å². The van der Waals surface area contributed by atoms with Crippen LogP contribution >= 0.6 is 0 Å². The first-order chi connectivity index (χ1) is 6.24. The molecule has 0 aromatic rings. The van der Waals surface area contributed by atoms with Gasteiger partial charge in [-0.2, -0.15) is 0 Å². The fourth-order valence-electron chi connectivity index (χ4n) is 1.58. The predicted molar refractivity (Wildman–Crippen MR) is 50.2 cm³/mol. The van der Waals surface area contributed by atoms with Gasteiger partial charge in [-0.3, -0.25) is 4.79 Å². The number of nitrogens with zero attached hydrogens (tertiary/aromatic N) is 1. The summed E-state index contributed by atoms with van der Waals surface area (Å²) in [5.41, 5.74) is 0. The van der Waals surface area contributed by atoms with Crippen molar-refractivity contribution in [2.75, 3.05) is 19.6 Å². The number of hydrogen-bond acceptors (Lipinski definition) is 2. The van der Waals surface area contributed by atoms with Crippen LogP contribution in [-0.4, -0.2) is 35.6 Å². The molecule has 3 nitrogen and oxygen atoms in total. The molecule has 1 unspecified atom stereocenters. The summed E-state index contributed by atoms with van der Waals surface area (Å²) in [5.74, 6) is 4.99. The van der Waals surface area contributed by atoms with E-state index in [9.17, 15) is 4.79 Å². The Balaban J connectivity index is 2.23. The molecule has 1 aliphatic rings. The second-order valence-electron chi connectivity index (χ2n) is 3.30. The quantitative estimate of drug-likeness (QED) is 0.655. The fraction of sp³-hybridized carbons (Fsp3) is 0.700. The molecular weight excluding hydrogens is 166 g/mol. The Kier molecular flexibility index (Phi) is 3.78. The molecule has 1 rings (SSSR count). The van der Waals surface area contributed by atoms with Gasteiger partial charge in [0.1, 0.15) is 0 Å². The Morgan fingerprint density at radius 1 is 1.69 bits per heavy atom. The lowest BCUT2D eigenvalue weighted by Gasteiger charge is -2.12. The Labute approximate surface area is 78.7 Å². The first-order valence-electron chi connectivity index (χ1n) is 4.59. The number of likely N-dealkylation sites (tertiary alicyclic amines) is 1. The van der Waals surface area contributed by atoms with E-state index in [1.54, 1.807) is 0 Å². The molecule has 1 aliphatic heterocycles. The second kappa shape index (κ2) is 4.88. The molecule has 0 aromatic carbocycles. The number of hydrogen-bond donors (Lipinski definition) is 1. The molecule has 0 aliphatic carbocycles. The molecule has 1 saturated heterocycles. The van der Waals surface area contributed by atoms with Gasteiger partial charge >= 0.3 is 5.97 Å². The van der Waals surface area contributed by atoms with Gasteiger partial charge in [0.2, 0.25) is 0 Å². The SMILES string of the molecule is CC#CCCN1CCC(C(=O)O)C1. The highest BCUT2D eigenvalue weighted by atomic mass is 16.4. The molecular formula is C10H15NO2. The van der Waals surface area contributed by atoms with Crippen LogP contribution < -0.4 is 0 Å². The molecule has 0 saturated carbocycles. The third kappa shape index (κ3) is 3.08. The molecule has 0 bridgehead atoms. The number of rotatable bonds is 3. The van der Waals surface area contributed by atoms with E-state index in [4.69, 9.17) is 5.11 Å². The maximum atomic E-state index is 10.6. The van der Waals surface area contributed by atoms with Gasteiger partial charge < -0.3 is 10.0 Å². The zero-order valence-corrected chi connectivity index (χ0v) is 7.92. The number of carboxylic acid groups (broad SMARTS) is 1. The topological polar surface area (TPSA) is 40.5 Å². The predicted octanol–water partition coefficient (Wildman–Crippen LogP) is 0.806. The number of carboxylic acids is 1. The van der Waals surface area contributed by atoms with E-state index in [2.05, 4.69) is 16.7 Å². The van der Waals surface area contributed by atoms with Crippen molar-refractivity contribution in [1.29, 1.82) is 0 Å². The third-order valence-electron chi connectivity index (χ3n) is 2.35. The molecule has 0 radical (unpaired) electrons. The van der Waals surface area contributed by atoms with E-state index in [0.29, 0.717) is 6.54 Å². The minimum Gasteiger partial charge on any atom is -0.481 e. The molecule has 1 heterocycles. The van der Waals surface area contributed by atoms with Crippen LogP contribution in [-0.2, 0) is 4.79 Å². The van der Waals surface area contributed by atoms with Crippen molar-refractivity contribution in [1.82, 2.24) is 4.90 Å². The van der Waals surface area contributed by atoms with Crippen LogP contribution in [0.4, 0.5) is 0 Å². The molecule has 1 atom stereocenters. The minimum atomic E-state index is -0.663. The van der Waals surface area contributed by atoms with Gasteiger partial charge in [0, 0.05) is 19.5 Å². The maximum Gasteiger partial charge on any atom is 0.307 e. The van der Waals surface area contributed by atoms with Gasteiger partial charge in [-0.1, -0.05) is 0 Å². The molecule has 3 heteroatoms. The van der Waals surface area contributed by atoms with Crippen LogP contribution in [0.25, 0.3) is 0 Å². The Morgan fingerprint density at radius 3 is 3.00 bits per heavy atom. The summed E-state index contributed by atoms with van der Waals surface area (Å²) < 4.78 is 0. The van der Waals surface area contributed by atoms with Crippen molar-refractivity contribution in [3.63, 3.8) is 0 Å². The van der Waals surface area contributed by atoms with Gasteiger partial charge in [-0.15, -0.1) is 11.8 Å². The Bertz CT molecular complexity index is 239. The van der Waals surface area contributed by atoms with E-state index in [1.807, 2.05) is 6.92 Å². The van der Waals surface area contributed by atoms with E-state index in [0.717, 1.165) is 25.9 Å². The lowest BCUT2D eigenvalue weighted by Crippen LogP contribution is -2.23. The highest BCUT2D eigenvalue weighted by Gasteiger charge is 2.26. The van der Waals surface area contributed by atoms with Gasteiger partial charge in [0.15, 0.2) is 0 Å². The third-order valence-corrected chi connectivity index (χ3v) is 2.35. The molecule has 13 heavy (non-hydrogen) atoms. The van der Waals surface area contributed by atoms with Gasteiger partial charge in [0.05, 0.1) is 5.92 Å². The van der Waals surface area contributed by atoms with Crippen molar-refractivity contribution in [2.45, 2.75) is 19.8 Å². The van der Waals surface area contributed by atoms with Crippen LogP contribution in [0.1, 0.15) is 19.8 Å². The van der Waals surface area contributed by atoms with E-state index >= 15 is 0 Å². The summed E-state index contributed by atoms with van der Waals surface area (Å²) in [7, 11) is 0. The van der Waals surface area contributed by atoms with Gasteiger partial charge in [-0.05, 0) is 19.9 Å². The number of carbonyl (C=O) groups is 1. The summed E-state index contributed by atoms with van der Waals surface area (Å²) in [6.07, 6.45) is 1.64. The van der Waals surface area contributed by atoms with Crippen LogP contribution in [0.5, 0.6) is 0 Å². The number of aliphatic carboxylic acids is 1. The molecule has 0 spiro atoms. The zero-order chi connectivity index (χ0) is 9.68. The van der Waals surface area contributed by atoms with Crippen molar-refractivity contribution < 1.29 is 9.90 Å². The minimum absolute atomic E-state index is 0.158. The Hall–Kier alpha value is -1.01. The van der Waals surface area contributed by atoms with Gasteiger partial charge in [-0.25, -0.2) is 0 Å². The first-order valence-corrected chi connectivity index (χ1v) is 4.59.